The van der Waals surface area contributed by atoms with E-state index >= 15 is 0 Å². The lowest BCUT2D eigenvalue weighted by molar-refractivity contribution is -0.384. The molecule has 0 saturated carbocycles. The van der Waals surface area contributed by atoms with Crippen LogP contribution in [0, 0.1) is 10.1 Å². The van der Waals surface area contributed by atoms with Gasteiger partial charge in [0.05, 0.1) is 11.0 Å². The second-order valence-corrected chi connectivity index (χ2v) is 4.57. The number of pyridine rings is 1. The van der Waals surface area contributed by atoms with E-state index in [0.29, 0.717) is 4.88 Å². The molecule has 19 heavy (non-hydrogen) atoms. The van der Waals surface area contributed by atoms with Crippen LogP contribution in [0.4, 0.5) is 11.5 Å². The molecule has 0 aromatic carbocycles. The van der Waals surface area contributed by atoms with Crippen molar-refractivity contribution in [2.45, 2.75) is 6.04 Å². The van der Waals surface area contributed by atoms with E-state index in [9.17, 15) is 14.9 Å². The standard InChI is InChI=1S/C11H9N3O4S/c15-11(16)10(8-2-1-5-19-8)13-9-6-7(14(17)18)3-4-12-9/h1-6,10H,(H,12,13)(H,15,16). The molecule has 8 heteroatoms. The fourth-order valence-electron chi connectivity index (χ4n) is 1.47. The van der Waals surface area contributed by atoms with E-state index < -0.39 is 16.9 Å². The first-order valence-corrected chi connectivity index (χ1v) is 6.09. The molecule has 2 N–H and O–H groups in total. The highest BCUT2D eigenvalue weighted by molar-refractivity contribution is 7.10. The molecular formula is C11H9N3O4S. The normalized spacial score (nSPS) is 11.8. The summed E-state index contributed by atoms with van der Waals surface area (Å²) in [7, 11) is 0. The van der Waals surface area contributed by atoms with Gasteiger partial charge in [0.1, 0.15) is 5.82 Å². The number of nitro groups is 1. The van der Waals surface area contributed by atoms with Crippen molar-refractivity contribution in [3.8, 4) is 0 Å². The smallest absolute Gasteiger partial charge is 0.331 e. The zero-order chi connectivity index (χ0) is 13.8. The summed E-state index contributed by atoms with van der Waals surface area (Å²) in [6.45, 7) is 0. The van der Waals surface area contributed by atoms with E-state index in [4.69, 9.17) is 5.11 Å². The van der Waals surface area contributed by atoms with Gasteiger partial charge in [-0.2, -0.15) is 0 Å². The van der Waals surface area contributed by atoms with Gasteiger partial charge in [0.2, 0.25) is 0 Å². The molecule has 1 unspecified atom stereocenters. The summed E-state index contributed by atoms with van der Waals surface area (Å²) in [5.74, 6) is -0.925. The van der Waals surface area contributed by atoms with Crippen LogP contribution in [-0.2, 0) is 4.79 Å². The van der Waals surface area contributed by atoms with Gasteiger partial charge in [-0.1, -0.05) is 6.07 Å². The van der Waals surface area contributed by atoms with Crippen LogP contribution in [-0.4, -0.2) is 21.0 Å². The number of hydrogen-bond donors (Lipinski definition) is 2. The van der Waals surface area contributed by atoms with Crippen molar-refractivity contribution in [1.82, 2.24) is 4.98 Å². The Morgan fingerprint density at radius 1 is 1.53 bits per heavy atom. The molecule has 0 saturated heterocycles. The van der Waals surface area contributed by atoms with Gasteiger partial charge < -0.3 is 10.4 Å². The van der Waals surface area contributed by atoms with Crippen LogP contribution >= 0.6 is 11.3 Å². The Hall–Kier alpha value is -2.48. The highest BCUT2D eigenvalue weighted by Gasteiger charge is 2.21. The maximum Gasteiger partial charge on any atom is 0.331 e. The van der Waals surface area contributed by atoms with Crippen molar-refractivity contribution in [2.75, 3.05) is 5.32 Å². The molecule has 2 aromatic rings. The Labute approximate surface area is 111 Å². The topological polar surface area (TPSA) is 105 Å². The molecule has 0 aliphatic heterocycles. The summed E-state index contributed by atoms with van der Waals surface area (Å²) < 4.78 is 0. The number of carboxylic acid groups (broad SMARTS) is 1. The van der Waals surface area contributed by atoms with Crippen LogP contribution in [0.15, 0.2) is 35.8 Å². The molecule has 0 amide bonds. The predicted octanol–water partition coefficient (Wildman–Crippen LogP) is 2.29. The van der Waals surface area contributed by atoms with Crippen LogP contribution < -0.4 is 5.32 Å². The van der Waals surface area contributed by atoms with Crippen molar-refractivity contribution < 1.29 is 14.8 Å². The molecule has 0 fully saturated rings. The quantitative estimate of drug-likeness (QED) is 0.642. The summed E-state index contributed by atoms with van der Waals surface area (Å²) in [5.41, 5.74) is -0.146. The van der Waals surface area contributed by atoms with Crippen molar-refractivity contribution >= 4 is 28.8 Å². The van der Waals surface area contributed by atoms with Crippen molar-refractivity contribution in [1.29, 1.82) is 0 Å². The van der Waals surface area contributed by atoms with E-state index in [1.807, 2.05) is 0 Å². The first-order valence-electron chi connectivity index (χ1n) is 5.21. The van der Waals surface area contributed by atoms with Crippen LogP contribution in [0.5, 0.6) is 0 Å². The lowest BCUT2D eigenvalue weighted by atomic mass is 10.2. The first kappa shape index (κ1) is 13.0. The number of nitrogens with one attached hydrogen (secondary N) is 1. The van der Waals surface area contributed by atoms with Crippen LogP contribution in [0.3, 0.4) is 0 Å². The molecule has 2 rings (SSSR count). The maximum atomic E-state index is 11.2. The fourth-order valence-corrected chi connectivity index (χ4v) is 2.24. The number of thiophene rings is 1. The average molecular weight is 279 g/mol. The lowest BCUT2D eigenvalue weighted by Crippen LogP contribution is -2.20. The first-order chi connectivity index (χ1) is 9.08. The SMILES string of the molecule is O=C(O)C(Nc1cc([N+](=O)[O-])ccn1)c1cccs1. The Morgan fingerprint density at radius 3 is 2.89 bits per heavy atom. The summed E-state index contributed by atoms with van der Waals surface area (Å²) in [6, 6.07) is 4.87. The summed E-state index contributed by atoms with van der Waals surface area (Å²) in [4.78, 5) is 25.8. The van der Waals surface area contributed by atoms with Gasteiger partial charge in [0.15, 0.2) is 6.04 Å². The van der Waals surface area contributed by atoms with Gasteiger partial charge in [0.25, 0.3) is 5.69 Å². The van der Waals surface area contributed by atoms with Gasteiger partial charge in [0, 0.05) is 17.1 Å². The number of aromatic nitrogens is 1. The highest BCUT2D eigenvalue weighted by atomic mass is 32.1. The van der Waals surface area contributed by atoms with Gasteiger partial charge in [-0.05, 0) is 11.4 Å². The van der Waals surface area contributed by atoms with Gasteiger partial charge >= 0.3 is 5.97 Å². The lowest BCUT2D eigenvalue weighted by Gasteiger charge is -2.13. The number of carboxylic acids is 1. The maximum absolute atomic E-state index is 11.2. The Balaban J connectivity index is 2.25. The third-order valence-corrected chi connectivity index (χ3v) is 3.26. The summed E-state index contributed by atoms with van der Waals surface area (Å²) >= 11 is 1.28. The van der Waals surface area contributed by atoms with E-state index in [-0.39, 0.29) is 11.5 Å². The molecule has 7 nitrogen and oxygen atoms in total. The second kappa shape index (κ2) is 5.44. The number of nitrogens with zero attached hydrogens (tertiary/aromatic N) is 2. The Kier molecular flexibility index (Phi) is 3.71. The fraction of sp³-hybridized carbons (Fsp3) is 0.0909. The zero-order valence-electron chi connectivity index (χ0n) is 9.52. The third-order valence-electron chi connectivity index (χ3n) is 2.32. The molecule has 98 valence electrons. The van der Waals surface area contributed by atoms with Crippen molar-refractivity contribution in [2.24, 2.45) is 0 Å². The molecule has 2 heterocycles. The van der Waals surface area contributed by atoms with Crippen molar-refractivity contribution in [3.05, 3.63) is 50.8 Å². The minimum absolute atomic E-state index is 0.146. The van der Waals surface area contributed by atoms with Crippen LogP contribution in [0.25, 0.3) is 0 Å². The Morgan fingerprint density at radius 2 is 2.32 bits per heavy atom. The molecule has 0 spiro atoms. The molecular weight excluding hydrogens is 270 g/mol. The van der Waals surface area contributed by atoms with E-state index in [1.165, 1.54) is 29.7 Å². The summed E-state index contributed by atoms with van der Waals surface area (Å²) in [5, 5.41) is 24.2. The number of aliphatic carboxylic acids is 1. The van der Waals surface area contributed by atoms with Crippen LogP contribution in [0.1, 0.15) is 10.9 Å². The Bertz CT molecular complexity index is 600. The van der Waals surface area contributed by atoms with Gasteiger partial charge in [-0.15, -0.1) is 11.3 Å². The zero-order valence-corrected chi connectivity index (χ0v) is 10.3. The number of anilines is 1. The van der Waals surface area contributed by atoms with Crippen LogP contribution in [0.2, 0.25) is 0 Å². The number of carbonyl (C=O) groups is 1. The monoisotopic (exact) mass is 279 g/mol. The second-order valence-electron chi connectivity index (χ2n) is 3.59. The number of hydrogen-bond acceptors (Lipinski definition) is 6. The minimum Gasteiger partial charge on any atom is -0.479 e. The largest absolute Gasteiger partial charge is 0.479 e. The predicted molar refractivity (Wildman–Crippen MR) is 69.2 cm³/mol. The highest BCUT2D eigenvalue weighted by Crippen LogP contribution is 2.24. The van der Waals surface area contributed by atoms with Crippen molar-refractivity contribution in [3.63, 3.8) is 0 Å². The van der Waals surface area contributed by atoms with E-state index in [0.717, 1.165) is 0 Å². The minimum atomic E-state index is -1.07. The molecule has 0 aliphatic rings. The summed E-state index contributed by atoms with van der Waals surface area (Å²) in [6.07, 6.45) is 1.26. The van der Waals surface area contributed by atoms with Gasteiger partial charge in [-0.3, -0.25) is 10.1 Å². The molecule has 0 radical (unpaired) electrons. The third kappa shape index (κ3) is 3.05. The van der Waals surface area contributed by atoms with Gasteiger partial charge in [-0.25, -0.2) is 9.78 Å². The van der Waals surface area contributed by atoms with E-state index in [1.54, 1.807) is 17.5 Å². The average Bonchev–Trinajstić information content (AvgIpc) is 2.89. The molecule has 0 bridgehead atoms. The number of rotatable bonds is 5. The molecule has 0 aliphatic carbocycles. The molecule has 2 aromatic heterocycles. The molecule has 1 atom stereocenters. The van der Waals surface area contributed by atoms with E-state index in [2.05, 4.69) is 10.3 Å².